The molecule has 0 radical (unpaired) electrons. The topological polar surface area (TPSA) is 55.5 Å². The van der Waals surface area contributed by atoms with E-state index in [0.29, 0.717) is 5.75 Å². The highest BCUT2D eigenvalue weighted by Crippen LogP contribution is 2.45. The number of alkyl halides is 3. The van der Waals surface area contributed by atoms with Crippen LogP contribution < -0.4 is 10.5 Å². The van der Waals surface area contributed by atoms with Gasteiger partial charge >= 0.3 is 5.92 Å². The normalized spacial score (nSPS) is 28.4. The molecule has 1 aliphatic heterocycles. The molecular weight excluding hydrogens is 296 g/mol. The highest BCUT2D eigenvalue weighted by Gasteiger charge is 2.59. The summed E-state index contributed by atoms with van der Waals surface area (Å²) < 4.78 is 30.5. The van der Waals surface area contributed by atoms with Gasteiger partial charge in [0.05, 0.1) is 6.04 Å². The van der Waals surface area contributed by atoms with E-state index in [2.05, 4.69) is 15.9 Å². The van der Waals surface area contributed by atoms with Gasteiger partial charge in [0, 0.05) is 0 Å². The Kier molecular flexibility index (Phi) is 3.14. The van der Waals surface area contributed by atoms with Crippen molar-refractivity contribution < 1.29 is 18.6 Å². The summed E-state index contributed by atoms with van der Waals surface area (Å²) in [6, 6.07) is 5.92. The lowest BCUT2D eigenvalue weighted by Crippen LogP contribution is -2.63. The molecule has 1 aromatic carbocycles. The van der Waals surface area contributed by atoms with Gasteiger partial charge in [0.15, 0.2) is 0 Å². The minimum Gasteiger partial charge on any atom is -0.468 e. The molecule has 0 aromatic heterocycles. The van der Waals surface area contributed by atoms with Crippen LogP contribution in [0.1, 0.15) is 5.56 Å². The van der Waals surface area contributed by atoms with Crippen LogP contribution >= 0.6 is 15.9 Å². The quantitative estimate of drug-likeness (QED) is 0.817. The first-order valence-electron chi connectivity index (χ1n) is 5.11. The van der Waals surface area contributed by atoms with E-state index < -0.39 is 23.1 Å². The minimum absolute atomic E-state index is 0.261. The first-order valence-corrected chi connectivity index (χ1v) is 5.90. The summed E-state index contributed by atoms with van der Waals surface area (Å²) in [4.78, 5) is 0. The molecule has 0 bridgehead atoms. The Morgan fingerprint density at radius 2 is 2.18 bits per heavy atom. The molecule has 94 valence electrons. The van der Waals surface area contributed by atoms with Gasteiger partial charge in [-0.2, -0.15) is 8.78 Å². The zero-order valence-electron chi connectivity index (χ0n) is 8.87. The molecule has 1 aliphatic rings. The van der Waals surface area contributed by atoms with Gasteiger partial charge in [0.25, 0.3) is 0 Å². The molecule has 3 N–H and O–H groups in total. The van der Waals surface area contributed by atoms with Crippen molar-refractivity contribution >= 4 is 15.9 Å². The van der Waals surface area contributed by atoms with Gasteiger partial charge in [0.2, 0.25) is 4.51 Å². The Hall–Kier alpha value is -0.720. The number of benzene rings is 1. The Balaban J connectivity index is 2.40. The second kappa shape index (κ2) is 4.19. The summed E-state index contributed by atoms with van der Waals surface area (Å²) in [6.07, 6.45) is 0.261. The highest BCUT2D eigenvalue weighted by molar-refractivity contribution is 9.10. The van der Waals surface area contributed by atoms with E-state index in [1.165, 1.54) is 0 Å². The highest BCUT2D eigenvalue weighted by atomic mass is 79.9. The Morgan fingerprint density at radius 3 is 2.82 bits per heavy atom. The molecule has 2 rings (SSSR count). The molecule has 2 atom stereocenters. The van der Waals surface area contributed by atoms with E-state index in [1.807, 2.05) is 0 Å². The standard InChI is InChI=1S/C11H12BrF2NO2/c12-11(10(13,14)6-16)9(15)5-7-3-1-2-4-8(7)17-11/h1-4,9,16H,5-6,15H2/t9?,11-/m0/s1. The number of nitrogens with two attached hydrogens (primary N) is 1. The van der Waals surface area contributed by atoms with Crippen molar-refractivity contribution in [3.05, 3.63) is 29.8 Å². The molecule has 3 nitrogen and oxygen atoms in total. The summed E-state index contributed by atoms with van der Waals surface area (Å²) in [7, 11) is 0. The predicted octanol–water partition coefficient (Wildman–Crippen LogP) is 1.67. The zero-order chi connectivity index (χ0) is 12.7. The Bertz CT molecular complexity index is 430. The Labute approximate surface area is 106 Å². The van der Waals surface area contributed by atoms with E-state index in [-0.39, 0.29) is 6.42 Å². The zero-order valence-corrected chi connectivity index (χ0v) is 10.5. The summed E-state index contributed by atoms with van der Waals surface area (Å²) in [5, 5.41) is 8.76. The lowest BCUT2D eigenvalue weighted by molar-refractivity contribution is -0.151. The first-order chi connectivity index (χ1) is 7.90. The third-order valence-corrected chi connectivity index (χ3v) is 4.18. The minimum atomic E-state index is -3.46. The fourth-order valence-corrected chi connectivity index (χ4v) is 2.29. The molecule has 0 saturated heterocycles. The first kappa shape index (κ1) is 12.7. The van der Waals surface area contributed by atoms with E-state index in [0.717, 1.165) is 5.56 Å². The molecule has 1 aromatic rings. The molecule has 0 amide bonds. The van der Waals surface area contributed by atoms with Gasteiger partial charge < -0.3 is 15.6 Å². The number of fused-ring (bicyclic) bond motifs is 1. The number of rotatable bonds is 2. The van der Waals surface area contributed by atoms with E-state index >= 15 is 0 Å². The SMILES string of the molecule is NC1Cc2ccccc2O[C@]1(Br)C(F)(F)CO. The van der Waals surface area contributed by atoms with Gasteiger partial charge in [-0.1, -0.05) is 18.2 Å². The molecule has 1 heterocycles. The lowest BCUT2D eigenvalue weighted by Gasteiger charge is -2.42. The number of aliphatic hydroxyl groups is 1. The van der Waals surface area contributed by atoms with Crippen molar-refractivity contribution in [2.45, 2.75) is 22.9 Å². The molecule has 1 unspecified atom stereocenters. The molecule has 6 heteroatoms. The number of hydrogen-bond acceptors (Lipinski definition) is 3. The molecule has 0 aliphatic carbocycles. The van der Waals surface area contributed by atoms with Crippen molar-refractivity contribution in [2.24, 2.45) is 5.73 Å². The maximum atomic E-state index is 13.7. The fraction of sp³-hybridized carbons (Fsp3) is 0.455. The van der Waals surface area contributed by atoms with E-state index in [1.54, 1.807) is 24.3 Å². The van der Waals surface area contributed by atoms with Crippen LogP contribution in [0.2, 0.25) is 0 Å². The van der Waals surface area contributed by atoms with Crippen LogP contribution in [-0.2, 0) is 6.42 Å². The molecular formula is C11H12BrF2NO2. The molecule has 17 heavy (non-hydrogen) atoms. The third-order valence-electron chi connectivity index (χ3n) is 2.85. The summed E-state index contributed by atoms with van der Waals surface area (Å²) in [5.41, 5.74) is 6.51. The summed E-state index contributed by atoms with van der Waals surface area (Å²) in [6.45, 7) is -1.33. The maximum absolute atomic E-state index is 13.7. The van der Waals surface area contributed by atoms with Crippen molar-refractivity contribution in [1.29, 1.82) is 0 Å². The number of ether oxygens (including phenoxy) is 1. The van der Waals surface area contributed by atoms with Crippen molar-refractivity contribution in [2.75, 3.05) is 6.61 Å². The summed E-state index contributed by atoms with van der Waals surface area (Å²) >= 11 is 2.86. The van der Waals surface area contributed by atoms with Crippen molar-refractivity contribution in [3.63, 3.8) is 0 Å². The van der Waals surface area contributed by atoms with Gasteiger partial charge in [-0.25, -0.2) is 0 Å². The lowest BCUT2D eigenvalue weighted by atomic mass is 9.94. The van der Waals surface area contributed by atoms with Crippen LogP contribution in [0, 0.1) is 0 Å². The van der Waals surface area contributed by atoms with Gasteiger partial charge in [-0.15, -0.1) is 0 Å². The average Bonchev–Trinajstić information content (AvgIpc) is 2.30. The largest absolute Gasteiger partial charge is 0.468 e. The van der Waals surface area contributed by atoms with Crippen LogP contribution in [0.5, 0.6) is 5.75 Å². The van der Waals surface area contributed by atoms with Gasteiger partial charge in [0.1, 0.15) is 12.4 Å². The average molecular weight is 308 g/mol. The van der Waals surface area contributed by atoms with Crippen LogP contribution in [-0.4, -0.2) is 28.2 Å². The van der Waals surface area contributed by atoms with Gasteiger partial charge in [-0.3, -0.25) is 0 Å². The maximum Gasteiger partial charge on any atom is 0.320 e. The van der Waals surface area contributed by atoms with Crippen LogP contribution in [0.15, 0.2) is 24.3 Å². The van der Waals surface area contributed by atoms with Crippen LogP contribution in [0.25, 0.3) is 0 Å². The van der Waals surface area contributed by atoms with Crippen molar-refractivity contribution in [1.82, 2.24) is 0 Å². The van der Waals surface area contributed by atoms with Crippen molar-refractivity contribution in [3.8, 4) is 5.75 Å². The summed E-state index contributed by atoms with van der Waals surface area (Å²) in [5.74, 6) is -3.10. The molecule has 0 saturated carbocycles. The Morgan fingerprint density at radius 1 is 1.53 bits per heavy atom. The number of hydrogen-bond donors (Lipinski definition) is 2. The number of halogens is 3. The fourth-order valence-electron chi connectivity index (χ4n) is 1.83. The second-order valence-corrected chi connectivity index (χ2v) is 5.21. The van der Waals surface area contributed by atoms with E-state index in [4.69, 9.17) is 15.6 Å². The van der Waals surface area contributed by atoms with Gasteiger partial charge in [-0.05, 0) is 34.0 Å². The smallest absolute Gasteiger partial charge is 0.320 e. The van der Waals surface area contributed by atoms with Crippen LogP contribution in [0.3, 0.4) is 0 Å². The van der Waals surface area contributed by atoms with Crippen LogP contribution in [0.4, 0.5) is 8.78 Å². The predicted molar refractivity (Wildman–Crippen MR) is 62.4 cm³/mol. The number of aliphatic hydroxyl groups excluding tert-OH is 1. The molecule has 0 spiro atoms. The monoisotopic (exact) mass is 307 g/mol. The molecule has 0 fully saturated rings. The second-order valence-electron chi connectivity index (χ2n) is 4.03. The third kappa shape index (κ3) is 1.94. The van der Waals surface area contributed by atoms with E-state index in [9.17, 15) is 8.78 Å². The number of para-hydroxylation sites is 1.